The van der Waals surface area contributed by atoms with Gasteiger partial charge >= 0.3 is 13.2 Å². The van der Waals surface area contributed by atoms with Crippen molar-refractivity contribution in [2.45, 2.75) is 40.2 Å². The van der Waals surface area contributed by atoms with Gasteiger partial charge in [-0.1, -0.05) is 19.9 Å². The maximum absolute atomic E-state index is 14.3. The van der Waals surface area contributed by atoms with Gasteiger partial charge in [0, 0.05) is 18.6 Å². The number of hydrogen-bond acceptors (Lipinski definition) is 5. The zero-order valence-corrected chi connectivity index (χ0v) is 16.5. The summed E-state index contributed by atoms with van der Waals surface area (Å²) in [4.78, 5) is 12.0. The number of carbonyl (C=O) groups excluding carboxylic acids is 1. The van der Waals surface area contributed by atoms with Crippen molar-refractivity contribution in [3.05, 3.63) is 24.0 Å². The third-order valence-corrected chi connectivity index (χ3v) is 4.86. The van der Waals surface area contributed by atoms with Crippen LogP contribution >= 0.6 is 11.3 Å². The molecule has 0 saturated carbocycles. The fraction of sp³-hybridized carbons (Fsp3) is 0.500. The topological polar surface area (TPSA) is 56.8 Å². The smallest absolute Gasteiger partial charge is 0.444 e. The molecule has 140 valence electrons. The second kappa shape index (κ2) is 6.83. The van der Waals surface area contributed by atoms with Crippen molar-refractivity contribution in [2.75, 3.05) is 18.5 Å². The van der Waals surface area contributed by atoms with Crippen LogP contribution in [0.5, 0.6) is 0 Å². The first-order valence-corrected chi connectivity index (χ1v) is 9.31. The van der Waals surface area contributed by atoms with Gasteiger partial charge in [0.05, 0.1) is 9.70 Å². The molecule has 0 bridgehead atoms. The molecule has 1 N–H and O–H groups in total. The monoisotopic (exact) mass is 379 g/mol. The third-order valence-electron chi connectivity index (χ3n) is 3.80. The van der Waals surface area contributed by atoms with Gasteiger partial charge in [-0.3, -0.25) is 5.32 Å². The molecular weight excluding hydrogens is 356 g/mol. The van der Waals surface area contributed by atoms with Crippen LogP contribution in [0.1, 0.15) is 34.6 Å². The minimum absolute atomic E-state index is 0.0479. The molecule has 0 atom stereocenters. The van der Waals surface area contributed by atoms with Crippen LogP contribution in [0.3, 0.4) is 0 Å². The zero-order chi connectivity index (χ0) is 19.1. The van der Waals surface area contributed by atoms with Crippen LogP contribution in [-0.4, -0.2) is 32.0 Å². The van der Waals surface area contributed by atoms with E-state index in [2.05, 4.69) is 19.2 Å². The van der Waals surface area contributed by atoms with E-state index in [1.54, 1.807) is 32.9 Å². The average molecular weight is 379 g/mol. The first kappa shape index (κ1) is 19.1. The zero-order valence-electron chi connectivity index (χ0n) is 15.6. The van der Waals surface area contributed by atoms with E-state index >= 15 is 0 Å². The molecule has 0 aliphatic carbocycles. The molecule has 1 aliphatic rings. The van der Waals surface area contributed by atoms with E-state index in [1.807, 2.05) is 0 Å². The Morgan fingerprint density at radius 1 is 1.31 bits per heavy atom. The number of nitrogens with one attached hydrogen (secondary N) is 1. The molecule has 26 heavy (non-hydrogen) atoms. The Balaban J connectivity index is 1.86. The van der Waals surface area contributed by atoms with Crippen molar-refractivity contribution in [1.82, 2.24) is 0 Å². The van der Waals surface area contributed by atoms with Crippen LogP contribution in [0.4, 0.5) is 14.2 Å². The molecule has 0 unspecified atom stereocenters. The van der Waals surface area contributed by atoms with Crippen molar-refractivity contribution in [3.63, 3.8) is 0 Å². The molecule has 1 fully saturated rings. The standard InChI is InChI=1S/C18H23BFNO4S/c1-17(2,3)25-16(22)21-14-8-11-12(6-7-13(20)15(11)26-14)19-23-9-18(4,5)10-24-19/h6-8H,9-10H2,1-5H3,(H,21,22). The molecule has 2 heterocycles. The number of ether oxygens (including phenoxy) is 1. The lowest BCUT2D eigenvalue weighted by Crippen LogP contribution is -2.47. The minimum Gasteiger partial charge on any atom is -0.444 e. The summed E-state index contributed by atoms with van der Waals surface area (Å²) >= 11 is 1.16. The van der Waals surface area contributed by atoms with Gasteiger partial charge in [-0.15, -0.1) is 11.3 Å². The first-order valence-electron chi connectivity index (χ1n) is 8.49. The molecule has 1 saturated heterocycles. The predicted molar refractivity (Wildman–Crippen MR) is 103 cm³/mol. The van der Waals surface area contributed by atoms with Gasteiger partial charge in [-0.25, -0.2) is 9.18 Å². The van der Waals surface area contributed by atoms with Crippen LogP contribution in [0, 0.1) is 11.2 Å². The lowest BCUT2D eigenvalue weighted by atomic mass is 9.74. The number of benzene rings is 1. The van der Waals surface area contributed by atoms with Crippen LogP contribution in [0.2, 0.25) is 0 Å². The normalized spacial score (nSPS) is 17.4. The molecule has 8 heteroatoms. The Morgan fingerprint density at radius 2 is 1.96 bits per heavy atom. The second-order valence-corrected chi connectivity index (χ2v) is 9.29. The highest BCUT2D eigenvalue weighted by molar-refractivity contribution is 7.23. The van der Waals surface area contributed by atoms with Crippen LogP contribution in [0.25, 0.3) is 10.1 Å². The second-order valence-electron chi connectivity index (χ2n) is 8.24. The van der Waals surface area contributed by atoms with Crippen LogP contribution in [-0.2, 0) is 14.0 Å². The maximum Gasteiger partial charge on any atom is 0.494 e. The van der Waals surface area contributed by atoms with E-state index < -0.39 is 18.8 Å². The number of rotatable bonds is 2. The summed E-state index contributed by atoms with van der Waals surface area (Å²) < 4.78 is 31.6. The van der Waals surface area contributed by atoms with Gasteiger partial charge in [0.25, 0.3) is 0 Å². The summed E-state index contributed by atoms with van der Waals surface area (Å²) in [5.41, 5.74) is 0.104. The molecular formula is C18H23BFNO4S. The number of thiophene rings is 1. The number of hydrogen-bond donors (Lipinski definition) is 1. The molecule has 1 amide bonds. The summed E-state index contributed by atoms with van der Waals surface area (Å²) in [6, 6.07) is 4.80. The first-order chi connectivity index (χ1) is 12.0. The van der Waals surface area contributed by atoms with E-state index in [0.717, 1.165) is 16.8 Å². The Bertz CT molecular complexity index is 820. The Hall–Kier alpha value is -1.64. The molecule has 3 rings (SSSR count). The Kier molecular flexibility index (Phi) is 5.03. The summed E-state index contributed by atoms with van der Waals surface area (Å²) in [5.74, 6) is -0.345. The molecule has 1 aromatic carbocycles. The van der Waals surface area contributed by atoms with Gasteiger partial charge in [0.15, 0.2) is 0 Å². The summed E-state index contributed by atoms with van der Waals surface area (Å²) in [6.45, 7) is 10.6. The fourth-order valence-corrected chi connectivity index (χ4v) is 3.64. The van der Waals surface area contributed by atoms with Crippen LogP contribution < -0.4 is 10.8 Å². The molecule has 1 aliphatic heterocycles. The Morgan fingerprint density at radius 3 is 2.58 bits per heavy atom. The summed E-state index contributed by atoms with van der Waals surface area (Å²) in [6.07, 6.45) is -0.571. The summed E-state index contributed by atoms with van der Waals surface area (Å²) in [7, 11) is -0.546. The van der Waals surface area contributed by atoms with E-state index in [1.165, 1.54) is 6.07 Å². The van der Waals surface area contributed by atoms with Gasteiger partial charge in [0.2, 0.25) is 0 Å². The largest absolute Gasteiger partial charge is 0.494 e. The van der Waals surface area contributed by atoms with Gasteiger partial charge < -0.3 is 14.0 Å². The van der Waals surface area contributed by atoms with E-state index in [0.29, 0.717) is 28.3 Å². The van der Waals surface area contributed by atoms with E-state index in [4.69, 9.17) is 14.0 Å². The van der Waals surface area contributed by atoms with Gasteiger partial charge in [-0.2, -0.15) is 0 Å². The highest BCUT2D eigenvalue weighted by atomic mass is 32.1. The highest BCUT2D eigenvalue weighted by Gasteiger charge is 2.35. The number of amides is 1. The van der Waals surface area contributed by atoms with Crippen molar-refractivity contribution in [3.8, 4) is 0 Å². The van der Waals surface area contributed by atoms with Gasteiger partial charge in [0.1, 0.15) is 11.4 Å². The maximum atomic E-state index is 14.3. The average Bonchev–Trinajstić information content (AvgIpc) is 2.90. The van der Waals surface area contributed by atoms with Crippen molar-refractivity contribution >= 4 is 45.1 Å². The van der Waals surface area contributed by atoms with E-state index in [9.17, 15) is 9.18 Å². The number of fused-ring (bicyclic) bond motifs is 1. The number of halogens is 1. The molecule has 0 radical (unpaired) electrons. The van der Waals surface area contributed by atoms with Crippen molar-refractivity contribution in [1.29, 1.82) is 0 Å². The lowest BCUT2D eigenvalue weighted by Gasteiger charge is -2.33. The van der Waals surface area contributed by atoms with Crippen molar-refractivity contribution < 1.29 is 23.2 Å². The molecule has 1 aromatic heterocycles. The molecule has 5 nitrogen and oxygen atoms in total. The third kappa shape index (κ3) is 4.36. The molecule has 2 aromatic rings. The van der Waals surface area contributed by atoms with E-state index in [-0.39, 0.29) is 11.2 Å². The van der Waals surface area contributed by atoms with Gasteiger partial charge in [-0.05, 0) is 43.8 Å². The van der Waals surface area contributed by atoms with Crippen LogP contribution in [0.15, 0.2) is 18.2 Å². The fourth-order valence-electron chi connectivity index (χ4n) is 2.65. The molecule has 0 spiro atoms. The quantitative estimate of drug-likeness (QED) is 0.797. The number of carbonyl (C=O) groups is 1. The minimum atomic E-state index is -0.603. The summed E-state index contributed by atoms with van der Waals surface area (Å²) in [5, 5.41) is 3.85. The van der Waals surface area contributed by atoms with Crippen molar-refractivity contribution in [2.24, 2.45) is 5.41 Å². The Labute approximate surface area is 157 Å². The predicted octanol–water partition coefficient (Wildman–Crippen LogP) is 4.16. The highest BCUT2D eigenvalue weighted by Crippen LogP contribution is 2.32. The SMILES string of the molecule is CC1(C)COB(c2ccc(F)c3sc(NC(=O)OC(C)(C)C)cc23)OC1. The lowest BCUT2D eigenvalue weighted by molar-refractivity contribution is 0.0344. The number of anilines is 1.